The summed E-state index contributed by atoms with van der Waals surface area (Å²) >= 11 is 0. The summed E-state index contributed by atoms with van der Waals surface area (Å²) in [6.07, 6.45) is 6.18. The van der Waals surface area contributed by atoms with E-state index in [9.17, 15) is 9.90 Å². The number of rotatable bonds is 7. The number of alkyl carbamates (subject to hydrolysis) is 1. The van der Waals surface area contributed by atoms with Gasteiger partial charge in [-0.2, -0.15) is 0 Å². The Morgan fingerprint density at radius 1 is 1.13 bits per heavy atom. The second-order valence-corrected chi connectivity index (χ2v) is 8.42. The molecule has 0 bridgehead atoms. The van der Waals surface area contributed by atoms with E-state index in [0.29, 0.717) is 18.4 Å². The summed E-state index contributed by atoms with van der Waals surface area (Å²) in [5, 5.41) is 13.0. The number of carbonyl (C=O) groups is 1. The lowest BCUT2D eigenvalue weighted by atomic mass is 9.74. The van der Waals surface area contributed by atoms with Crippen molar-refractivity contribution in [3.63, 3.8) is 0 Å². The highest BCUT2D eigenvalue weighted by atomic mass is 16.6. The van der Waals surface area contributed by atoms with E-state index in [1.165, 1.54) is 12.8 Å². The normalized spacial score (nSPS) is 22.4. The fraction of sp³-hybridized carbons (Fsp3) is 0.944. The molecule has 0 aromatic rings. The van der Waals surface area contributed by atoms with Crippen LogP contribution in [0.15, 0.2) is 0 Å². The maximum atomic E-state index is 12.0. The van der Waals surface area contributed by atoms with E-state index >= 15 is 0 Å². The lowest BCUT2D eigenvalue weighted by Crippen LogP contribution is -2.44. The monoisotopic (exact) mass is 327 g/mol. The van der Waals surface area contributed by atoms with Crippen LogP contribution >= 0.6 is 0 Å². The molecule has 1 saturated heterocycles. The molecule has 5 heteroatoms. The molecule has 1 unspecified atom stereocenters. The predicted octanol–water partition coefficient (Wildman–Crippen LogP) is 3.11. The SMILES string of the molecule is CC(C)(C)OC(=O)NCC(CO)(CC1CCOCC1)CC1CC1. The van der Waals surface area contributed by atoms with Gasteiger partial charge in [0.25, 0.3) is 0 Å². The van der Waals surface area contributed by atoms with Gasteiger partial charge >= 0.3 is 6.09 Å². The summed E-state index contributed by atoms with van der Waals surface area (Å²) in [6.45, 7) is 7.82. The molecule has 1 aliphatic heterocycles. The van der Waals surface area contributed by atoms with E-state index < -0.39 is 11.7 Å². The van der Waals surface area contributed by atoms with Crippen LogP contribution in [-0.4, -0.2) is 43.2 Å². The first-order valence-corrected chi connectivity index (χ1v) is 8.97. The summed E-state index contributed by atoms with van der Waals surface area (Å²) in [5.74, 6) is 1.29. The average molecular weight is 327 g/mol. The highest BCUT2D eigenvalue weighted by Crippen LogP contribution is 2.44. The van der Waals surface area contributed by atoms with E-state index in [2.05, 4.69) is 5.32 Å². The topological polar surface area (TPSA) is 67.8 Å². The van der Waals surface area contributed by atoms with E-state index in [1.54, 1.807) is 0 Å². The molecular formula is C18H33NO4. The Labute approximate surface area is 140 Å². The van der Waals surface area contributed by atoms with Crippen LogP contribution in [0.4, 0.5) is 4.79 Å². The molecule has 1 aliphatic carbocycles. The molecule has 5 nitrogen and oxygen atoms in total. The van der Waals surface area contributed by atoms with Gasteiger partial charge in [0.1, 0.15) is 5.60 Å². The lowest BCUT2D eigenvalue weighted by molar-refractivity contribution is 0.0185. The van der Waals surface area contributed by atoms with Gasteiger partial charge in [-0.15, -0.1) is 0 Å². The van der Waals surface area contributed by atoms with E-state index in [0.717, 1.165) is 38.9 Å². The second-order valence-electron chi connectivity index (χ2n) is 8.42. The van der Waals surface area contributed by atoms with Crippen LogP contribution in [0.3, 0.4) is 0 Å². The molecular weight excluding hydrogens is 294 g/mol. The van der Waals surface area contributed by atoms with Gasteiger partial charge < -0.3 is 19.9 Å². The van der Waals surface area contributed by atoms with Crippen molar-refractivity contribution in [2.24, 2.45) is 17.3 Å². The molecule has 2 fully saturated rings. The molecule has 1 amide bonds. The molecule has 0 radical (unpaired) electrons. The number of amides is 1. The minimum Gasteiger partial charge on any atom is -0.444 e. The Bertz CT molecular complexity index is 383. The third kappa shape index (κ3) is 6.68. The smallest absolute Gasteiger partial charge is 0.407 e. The van der Waals surface area contributed by atoms with Gasteiger partial charge in [0.05, 0.1) is 6.61 Å². The number of ether oxygens (including phenoxy) is 2. The van der Waals surface area contributed by atoms with E-state index in [1.807, 2.05) is 20.8 Å². The number of carbonyl (C=O) groups excluding carboxylic acids is 1. The standard InChI is InChI=1S/C18H33NO4/c1-17(2,3)23-16(21)19-12-18(13-20,10-14-4-5-14)11-15-6-8-22-9-7-15/h14-15,20H,4-13H2,1-3H3,(H,19,21). The molecule has 1 heterocycles. The van der Waals surface area contributed by atoms with Gasteiger partial charge in [-0.05, 0) is 58.3 Å². The van der Waals surface area contributed by atoms with E-state index in [4.69, 9.17) is 9.47 Å². The highest BCUT2D eigenvalue weighted by Gasteiger charge is 2.39. The van der Waals surface area contributed by atoms with Crippen molar-refractivity contribution in [1.29, 1.82) is 0 Å². The van der Waals surface area contributed by atoms with Gasteiger partial charge in [-0.25, -0.2) is 4.79 Å². The zero-order chi connectivity index (χ0) is 16.9. The fourth-order valence-corrected chi connectivity index (χ4v) is 3.48. The van der Waals surface area contributed by atoms with Crippen molar-refractivity contribution in [2.75, 3.05) is 26.4 Å². The molecule has 0 aromatic heterocycles. The molecule has 1 atom stereocenters. The lowest BCUT2D eigenvalue weighted by Gasteiger charge is -2.37. The quantitative estimate of drug-likeness (QED) is 0.754. The van der Waals surface area contributed by atoms with Crippen LogP contribution < -0.4 is 5.32 Å². The van der Waals surface area contributed by atoms with Crippen LogP contribution in [0, 0.1) is 17.3 Å². The third-order valence-electron chi connectivity index (χ3n) is 4.82. The molecule has 0 aromatic carbocycles. The molecule has 2 aliphatic rings. The van der Waals surface area contributed by atoms with Gasteiger partial charge in [-0.3, -0.25) is 0 Å². The average Bonchev–Trinajstić information content (AvgIpc) is 3.28. The van der Waals surface area contributed by atoms with Crippen molar-refractivity contribution in [3.05, 3.63) is 0 Å². The van der Waals surface area contributed by atoms with Gasteiger partial charge in [0.2, 0.25) is 0 Å². The Morgan fingerprint density at radius 3 is 2.17 bits per heavy atom. The van der Waals surface area contributed by atoms with E-state index in [-0.39, 0.29) is 12.0 Å². The maximum absolute atomic E-state index is 12.0. The first-order valence-electron chi connectivity index (χ1n) is 8.97. The first-order chi connectivity index (χ1) is 10.8. The van der Waals surface area contributed by atoms with Crippen molar-refractivity contribution < 1.29 is 19.4 Å². The molecule has 0 spiro atoms. The Morgan fingerprint density at radius 2 is 1.70 bits per heavy atom. The third-order valence-corrected chi connectivity index (χ3v) is 4.82. The number of hydrogen-bond acceptors (Lipinski definition) is 4. The summed E-state index contributed by atoms with van der Waals surface area (Å²) < 4.78 is 10.8. The first kappa shape index (κ1) is 18.5. The summed E-state index contributed by atoms with van der Waals surface area (Å²) in [4.78, 5) is 12.0. The minimum atomic E-state index is -0.497. The minimum absolute atomic E-state index is 0.122. The molecule has 134 valence electrons. The largest absolute Gasteiger partial charge is 0.444 e. The molecule has 2 N–H and O–H groups in total. The molecule has 1 saturated carbocycles. The van der Waals surface area contributed by atoms with Gasteiger partial charge in [-0.1, -0.05) is 12.8 Å². The van der Waals surface area contributed by atoms with Gasteiger partial charge in [0.15, 0.2) is 0 Å². The summed E-state index contributed by atoms with van der Waals surface area (Å²) in [7, 11) is 0. The van der Waals surface area contributed by atoms with Crippen molar-refractivity contribution >= 4 is 6.09 Å². The van der Waals surface area contributed by atoms with Crippen LogP contribution in [0.1, 0.15) is 59.3 Å². The Balaban J connectivity index is 1.92. The van der Waals surface area contributed by atoms with Gasteiger partial charge in [0, 0.05) is 25.2 Å². The zero-order valence-electron chi connectivity index (χ0n) is 14.9. The van der Waals surface area contributed by atoms with Crippen molar-refractivity contribution in [3.8, 4) is 0 Å². The maximum Gasteiger partial charge on any atom is 0.407 e. The Hall–Kier alpha value is -0.810. The van der Waals surface area contributed by atoms with Crippen LogP contribution in [0.5, 0.6) is 0 Å². The zero-order valence-corrected chi connectivity index (χ0v) is 14.9. The summed E-state index contributed by atoms with van der Waals surface area (Å²) in [6, 6.07) is 0. The highest BCUT2D eigenvalue weighted by molar-refractivity contribution is 5.67. The number of hydrogen-bond donors (Lipinski definition) is 2. The second kappa shape index (κ2) is 7.84. The number of aliphatic hydroxyl groups excluding tert-OH is 1. The number of nitrogens with one attached hydrogen (secondary N) is 1. The fourth-order valence-electron chi connectivity index (χ4n) is 3.48. The van der Waals surface area contributed by atoms with Crippen LogP contribution in [0.25, 0.3) is 0 Å². The predicted molar refractivity (Wildman–Crippen MR) is 89.3 cm³/mol. The van der Waals surface area contributed by atoms with Crippen molar-refractivity contribution in [1.82, 2.24) is 5.32 Å². The Kier molecular flexibility index (Phi) is 6.32. The summed E-state index contributed by atoms with van der Waals surface area (Å²) in [5.41, 5.74) is -0.719. The van der Waals surface area contributed by atoms with Crippen LogP contribution in [0.2, 0.25) is 0 Å². The van der Waals surface area contributed by atoms with Crippen LogP contribution in [-0.2, 0) is 9.47 Å². The van der Waals surface area contributed by atoms with Crippen molar-refractivity contribution in [2.45, 2.75) is 64.9 Å². The molecule has 23 heavy (non-hydrogen) atoms. The molecule has 2 rings (SSSR count). The number of aliphatic hydroxyl groups is 1.